The van der Waals surface area contributed by atoms with Crippen LogP contribution in [-0.4, -0.2) is 54.7 Å². The van der Waals surface area contributed by atoms with E-state index in [4.69, 9.17) is 10.6 Å². The van der Waals surface area contributed by atoms with Crippen LogP contribution in [0.15, 0.2) is 0 Å². The zero-order valence-electron chi connectivity index (χ0n) is 11.5. The molecule has 18 heavy (non-hydrogen) atoms. The average molecular weight is 275 g/mol. The molecule has 0 aliphatic carbocycles. The molecule has 0 saturated carbocycles. The van der Waals surface area contributed by atoms with E-state index >= 15 is 0 Å². The molecule has 0 radical (unpaired) electrons. The number of hydrogen-bond acceptors (Lipinski definition) is 5. The fraction of sp³-hybridized carbons (Fsp3) is 0.917. The monoisotopic (exact) mass is 275 g/mol. The quantitative estimate of drug-likeness (QED) is 0.404. The first kappa shape index (κ1) is 15.8. The lowest BCUT2D eigenvalue weighted by Gasteiger charge is -2.27. The molecule has 1 amide bonds. The number of likely N-dealkylation sites (N-methyl/N-ethyl adjacent to an activating group) is 1. The highest BCUT2D eigenvalue weighted by Gasteiger charge is 2.31. The van der Waals surface area contributed by atoms with Crippen LogP contribution in [0.25, 0.3) is 0 Å². The summed E-state index contributed by atoms with van der Waals surface area (Å²) in [6.45, 7) is 3.11. The molecule has 0 spiro atoms. The molecular weight excluding hydrogens is 250 g/mol. The predicted molar refractivity (Wildman–Crippen MR) is 75.3 cm³/mol. The molecule has 5 nitrogen and oxygen atoms in total. The first-order valence-electron chi connectivity index (χ1n) is 6.43. The molecule has 3 atom stereocenters. The highest BCUT2D eigenvalue weighted by atomic mass is 32.2. The van der Waals surface area contributed by atoms with Crippen molar-refractivity contribution in [1.82, 2.24) is 10.3 Å². The summed E-state index contributed by atoms with van der Waals surface area (Å²) < 4.78 is 5.70. The van der Waals surface area contributed by atoms with E-state index in [0.29, 0.717) is 6.04 Å². The first-order valence-corrected chi connectivity index (χ1v) is 7.83. The van der Waals surface area contributed by atoms with Crippen LogP contribution in [0.4, 0.5) is 0 Å². The van der Waals surface area contributed by atoms with Gasteiger partial charge in [-0.05, 0) is 45.2 Å². The Balaban J connectivity index is 2.29. The van der Waals surface area contributed by atoms with E-state index < -0.39 is 0 Å². The third-order valence-corrected chi connectivity index (χ3v) is 4.17. The van der Waals surface area contributed by atoms with E-state index in [-0.39, 0.29) is 18.1 Å². The third kappa shape index (κ3) is 4.76. The van der Waals surface area contributed by atoms with Gasteiger partial charge >= 0.3 is 0 Å². The minimum absolute atomic E-state index is 0.147. The Morgan fingerprint density at radius 3 is 2.94 bits per heavy atom. The Hall–Kier alpha value is -0.300. The number of ether oxygens (including phenoxy) is 1. The molecule has 0 aromatic carbocycles. The molecular formula is C12H25N3O2S. The molecule has 1 heterocycles. The van der Waals surface area contributed by atoms with Crippen molar-refractivity contribution in [3.05, 3.63) is 0 Å². The van der Waals surface area contributed by atoms with Crippen LogP contribution < -0.4 is 11.3 Å². The highest BCUT2D eigenvalue weighted by molar-refractivity contribution is 7.98. The largest absolute Gasteiger partial charge is 0.364 e. The number of carbonyl (C=O) groups excluding carboxylic acids is 1. The summed E-state index contributed by atoms with van der Waals surface area (Å²) in [5, 5.41) is 0. The second-order valence-electron chi connectivity index (χ2n) is 4.90. The zero-order valence-corrected chi connectivity index (χ0v) is 12.3. The molecule has 1 rings (SSSR count). The van der Waals surface area contributed by atoms with Crippen LogP contribution >= 0.6 is 11.8 Å². The summed E-state index contributed by atoms with van der Waals surface area (Å²) in [7, 11) is 2.12. The number of rotatable bonds is 7. The van der Waals surface area contributed by atoms with Crippen molar-refractivity contribution < 1.29 is 9.53 Å². The maximum Gasteiger partial charge on any atom is 0.263 e. The molecule has 0 bridgehead atoms. The first-order chi connectivity index (χ1) is 8.58. The van der Waals surface area contributed by atoms with E-state index in [0.717, 1.165) is 19.4 Å². The van der Waals surface area contributed by atoms with Gasteiger partial charge in [0.05, 0.1) is 6.10 Å². The Bertz CT molecular complexity index is 266. The van der Waals surface area contributed by atoms with Crippen LogP contribution in [0.2, 0.25) is 0 Å². The number of nitrogens with one attached hydrogen (secondary N) is 1. The molecule has 0 aromatic heterocycles. The fourth-order valence-electron chi connectivity index (χ4n) is 2.14. The number of hydrogen-bond donors (Lipinski definition) is 2. The van der Waals surface area contributed by atoms with Crippen molar-refractivity contribution in [1.29, 1.82) is 0 Å². The van der Waals surface area contributed by atoms with Crippen molar-refractivity contribution in [3.8, 4) is 0 Å². The molecule has 1 fully saturated rings. The second kappa shape index (κ2) is 7.99. The number of thioether (sulfide) groups is 1. The zero-order chi connectivity index (χ0) is 13.5. The SMILES string of the molecule is CSCCC(C)N(C)CC1CCC(C(=O)NN)O1. The fourth-order valence-corrected chi connectivity index (χ4v) is 2.71. The molecule has 3 unspecified atom stereocenters. The third-order valence-electron chi connectivity index (χ3n) is 3.53. The summed E-state index contributed by atoms with van der Waals surface area (Å²) in [6.07, 6.45) is 4.78. The summed E-state index contributed by atoms with van der Waals surface area (Å²) in [4.78, 5) is 13.7. The van der Waals surface area contributed by atoms with Crippen LogP contribution in [0.5, 0.6) is 0 Å². The van der Waals surface area contributed by atoms with Crippen LogP contribution in [0.1, 0.15) is 26.2 Å². The lowest BCUT2D eigenvalue weighted by molar-refractivity contribution is -0.132. The minimum Gasteiger partial charge on any atom is -0.364 e. The Morgan fingerprint density at radius 2 is 2.33 bits per heavy atom. The van der Waals surface area contributed by atoms with E-state index in [1.165, 1.54) is 12.2 Å². The summed E-state index contributed by atoms with van der Waals surface area (Å²) in [5.74, 6) is 6.07. The van der Waals surface area contributed by atoms with Gasteiger partial charge in [-0.3, -0.25) is 10.2 Å². The van der Waals surface area contributed by atoms with Gasteiger partial charge in [0.2, 0.25) is 0 Å². The van der Waals surface area contributed by atoms with Crippen LogP contribution in [0.3, 0.4) is 0 Å². The molecule has 106 valence electrons. The average Bonchev–Trinajstić information content (AvgIpc) is 2.83. The number of hydrazine groups is 1. The normalized spacial score (nSPS) is 25.4. The molecule has 1 aliphatic heterocycles. The summed E-state index contributed by atoms with van der Waals surface area (Å²) >= 11 is 1.87. The van der Waals surface area contributed by atoms with Crippen LogP contribution in [-0.2, 0) is 9.53 Å². The Kier molecular flexibility index (Phi) is 6.99. The van der Waals surface area contributed by atoms with Crippen molar-refractivity contribution in [2.75, 3.05) is 25.6 Å². The maximum atomic E-state index is 11.3. The van der Waals surface area contributed by atoms with E-state index in [9.17, 15) is 4.79 Å². The van der Waals surface area contributed by atoms with Crippen molar-refractivity contribution in [2.24, 2.45) is 5.84 Å². The maximum absolute atomic E-state index is 11.3. The Labute approximate surface area is 114 Å². The molecule has 0 aromatic rings. The van der Waals surface area contributed by atoms with Crippen molar-refractivity contribution >= 4 is 17.7 Å². The summed E-state index contributed by atoms with van der Waals surface area (Å²) in [5.41, 5.74) is 2.15. The number of amides is 1. The van der Waals surface area contributed by atoms with Gasteiger partial charge in [0.15, 0.2) is 0 Å². The molecule has 3 N–H and O–H groups in total. The number of nitrogens with two attached hydrogens (primary N) is 1. The van der Waals surface area contributed by atoms with E-state index in [1.807, 2.05) is 11.8 Å². The summed E-state index contributed by atoms with van der Waals surface area (Å²) in [6, 6.07) is 0.545. The Morgan fingerprint density at radius 1 is 1.61 bits per heavy atom. The van der Waals surface area contributed by atoms with Gasteiger partial charge < -0.3 is 9.64 Å². The standard InChI is InChI=1S/C12H25N3O2S/c1-9(6-7-18-3)15(2)8-10-4-5-11(17-10)12(16)14-13/h9-11H,4-8,13H2,1-3H3,(H,14,16). The van der Waals surface area contributed by atoms with Crippen molar-refractivity contribution in [3.63, 3.8) is 0 Å². The lowest BCUT2D eigenvalue weighted by atomic mass is 10.1. The van der Waals surface area contributed by atoms with Crippen LogP contribution in [0, 0.1) is 0 Å². The number of nitrogens with zero attached hydrogens (tertiary/aromatic N) is 1. The van der Waals surface area contributed by atoms with Gasteiger partial charge in [-0.25, -0.2) is 5.84 Å². The van der Waals surface area contributed by atoms with E-state index in [1.54, 1.807) is 0 Å². The van der Waals surface area contributed by atoms with Gasteiger partial charge in [-0.1, -0.05) is 0 Å². The van der Waals surface area contributed by atoms with Gasteiger partial charge in [0, 0.05) is 12.6 Å². The van der Waals surface area contributed by atoms with Gasteiger partial charge in [-0.15, -0.1) is 0 Å². The van der Waals surface area contributed by atoms with Gasteiger partial charge in [0.1, 0.15) is 6.10 Å². The molecule has 6 heteroatoms. The van der Waals surface area contributed by atoms with Crippen molar-refractivity contribution in [2.45, 2.75) is 44.4 Å². The minimum atomic E-state index is -0.366. The van der Waals surface area contributed by atoms with Gasteiger partial charge in [0.25, 0.3) is 5.91 Å². The van der Waals surface area contributed by atoms with E-state index in [2.05, 4.69) is 30.6 Å². The number of carbonyl (C=O) groups is 1. The smallest absolute Gasteiger partial charge is 0.263 e. The van der Waals surface area contributed by atoms with Gasteiger partial charge in [-0.2, -0.15) is 11.8 Å². The predicted octanol–water partition coefficient (Wildman–Crippen LogP) is 0.597. The lowest BCUT2D eigenvalue weighted by Crippen LogP contribution is -2.40. The topological polar surface area (TPSA) is 67.6 Å². The molecule has 1 aliphatic rings. The molecule has 1 saturated heterocycles. The highest BCUT2D eigenvalue weighted by Crippen LogP contribution is 2.21. The second-order valence-corrected chi connectivity index (χ2v) is 5.89.